The third-order valence-electron chi connectivity index (χ3n) is 3.06. The lowest BCUT2D eigenvalue weighted by Gasteiger charge is -2.02. The molecule has 5 heteroatoms. The molecule has 20 heavy (non-hydrogen) atoms. The highest BCUT2D eigenvalue weighted by Gasteiger charge is 2.15. The third kappa shape index (κ3) is 1.84. The Balaban J connectivity index is 2.38. The Labute approximate surface area is 114 Å². The predicted octanol–water partition coefficient (Wildman–Crippen LogP) is 2.77. The molecule has 0 saturated heterocycles. The van der Waals surface area contributed by atoms with Gasteiger partial charge in [0.2, 0.25) is 11.8 Å². The molecule has 0 amide bonds. The van der Waals surface area contributed by atoms with E-state index in [4.69, 9.17) is 4.74 Å². The monoisotopic (exact) mass is 268 g/mol. The number of esters is 1. The van der Waals surface area contributed by atoms with Crippen LogP contribution in [0, 0.1) is 0 Å². The summed E-state index contributed by atoms with van der Waals surface area (Å²) in [7, 11) is 0. The summed E-state index contributed by atoms with van der Waals surface area (Å²) in [5.74, 6) is -0.388. The van der Waals surface area contributed by atoms with Gasteiger partial charge in [0.1, 0.15) is 0 Å². The Hall–Kier alpha value is -2.69. The van der Waals surface area contributed by atoms with Crippen molar-refractivity contribution < 1.29 is 14.3 Å². The molecule has 3 rings (SSSR count). The van der Waals surface area contributed by atoms with Crippen LogP contribution in [-0.4, -0.2) is 21.4 Å². The van der Waals surface area contributed by atoms with E-state index >= 15 is 0 Å². The van der Waals surface area contributed by atoms with Gasteiger partial charge in [0, 0.05) is 30.7 Å². The van der Waals surface area contributed by atoms with Crippen LogP contribution in [0.2, 0.25) is 0 Å². The number of nitrogens with zero attached hydrogens (tertiary/aromatic N) is 2. The number of fused-ring (bicyclic) bond motifs is 3. The van der Waals surface area contributed by atoms with Gasteiger partial charge in [-0.15, -0.1) is 0 Å². The summed E-state index contributed by atoms with van der Waals surface area (Å²) in [6.07, 6.45) is 0. The van der Waals surface area contributed by atoms with E-state index in [0.717, 1.165) is 16.3 Å². The zero-order valence-corrected chi connectivity index (χ0v) is 11.1. The Bertz CT molecular complexity index is 849. The first-order chi connectivity index (χ1) is 9.58. The highest BCUT2D eigenvalue weighted by molar-refractivity contribution is 6.11. The third-order valence-corrected chi connectivity index (χ3v) is 3.06. The Morgan fingerprint density at radius 1 is 1.05 bits per heavy atom. The Kier molecular flexibility index (Phi) is 2.75. The van der Waals surface area contributed by atoms with Gasteiger partial charge in [-0.25, -0.2) is 0 Å². The van der Waals surface area contributed by atoms with Crippen molar-refractivity contribution in [2.75, 3.05) is 0 Å². The van der Waals surface area contributed by atoms with Crippen LogP contribution in [0.3, 0.4) is 0 Å². The molecular formula is C15H12N2O3. The summed E-state index contributed by atoms with van der Waals surface area (Å²) in [4.78, 5) is 27.2. The fraction of sp³-hybridized carbons (Fsp3) is 0.133. The average Bonchev–Trinajstić information content (AvgIpc) is 2.71. The molecule has 5 nitrogen and oxygen atoms in total. The van der Waals surface area contributed by atoms with E-state index in [1.54, 1.807) is 6.07 Å². The van der Waals surface area contributed by atoms with Crippen molar-refractivity contribution in [3.8, 4) is 5.88 Å². The number of carbonyl (C=O) groups excluding carboxylic acids is 2. The van der Waals surface area contributed by atoms with Crippen LogP contribution in [-0.2, 0) is 4.79 Å². The molecule has 0 spiro atoms. The van der Waals surface area contributed by atoms with Crippen LogP contribution < -0.4 is 4.74 Å². The molecule has 3 aromatic rings. The van der Waals surface area contributed by atoms with Gasteiger partial charge in [0.05, 0.1) is 5.52 Å². The number of ether oxygens (including phenoxy) is 1. The quantitative estimate of drug-likeness (QED) is 0.637. The first-order valence-corrected chi connectivity index (χ1v) is 6.17. The molecule has 0 aliphatic carbocycles. The molecule has 0 saturated carbocycles. The molecule has 0 N–H and O–H groups in total. The molecule has 100 valence electrons. The zero-order valence-electron chi connectivity index (χ0n) is 11.1. The van der Waals surface area contributed by atoms with E-state index in [2.05, 4.69) is 4.98 Å². The minimum Gasteiger partial charge on any atom is -0.408 e. The zero-order chi connectivity index (χ0) is 14.3. The molecule has 0 unspecified atom stereocenters. The summed E-state index contributed by atoms with van der Waals surface area (Å²) >= 11 is 0. The number of rotatable bonds is 1. The van der Waals surface area contributed by atoms with Crippen LogP contribution >= 0.6 is 0 Å². The fourth-order valence-electron chi connectivity index (χ4n) is 2.35. The Morgan fingerprint density at radius 3 is 2.50 bits per heavy atom. The maximum absolute atomic E-state index is 11.9. The van der Waals surface area contributed by atoms with Crippen molar-refractivity contribution in [2.24, 2.45) is 0 Å². The fourth-order valence-corrected chi connectivity index (χ4v) is 2.35. The minimum atomic E-state index is -0.442. The van der Waals surface area contributed by atoms with E-state index in [1.165, 1.54) is 18.4 Å². The van der Waals surface area contributed by atoms with E-state index in [-0.39, 0.29) is 11.8 Å². The van der Waals surface area contributed by atoms with Crippen molar-refractivity contribution >= 4 is 33.8 Å². The molecule has 0 fully saturated rings. The molecule has 1 aromatic carbocycles. The number of benzene rings is 1. The molecule has 0 aliphatic heterocycles. The van der Waals surface area contributed by atoms with Crippen LogP contribution in [0.5, 0.6) is 5.88 Å². The lowest BCUT2D eigenvalue weighted by Crippen LogP contribution is -2.07. The molecule has 0 bridgehead atoms. The van der Waals surface area contributed by atoms with Crippen LogP contribution in [0.4, 0.5) is 0 Å². The number of aromatic nitrogens is 2. The number of carbonyl (C=O) groups is 2. The second kappa shape index (κ2) is 4.45. The minimum absolute atomic E-state index is 0.135. The van der Waals surface area contributed by atoms with Crippen molar-refractivity contribution in [3.63, 3.8) is 0 Å². The summed E-state index contributed by atoms with van der Waals surface area (Å²) in [6.45, 7) is 2.79. The summed E-state index contributed by atoms with van der Waals surface area (Å²) < 4.78 is 6.50. The van der Waals surface area contributed by atoms with Crippen LogP contribution in [0.25, 0.3) is 21.9 Å². The van der Waals surface area contributed by atoms with E-state index in [1.807, 2.05) is 30.3 Å². The summed E-state index contributed by atoms with van der Waals surface area (Å²) in [5.41, 5.74) is 1.29. The number of para-hydroxylation sites is 1. The molecule has 2 heterocycles. The summed E-state index contributed by atoms with van der Waals surface area (Å²) in [5, 5.41) is 1.80. The van der Waals surface area contributed by atoms with Gasteiger partial charge in [-0.3, -0.25) is 14.2 Å². The molecule has 2 aromatic heterocycles. The van der Waals surface area contributed by atoms with Crippen molar-refractivity contribution in [2.45, 2.75) is 13.8 Å². The Morgan fingerprint density at radius 2 is 1.80 bits per heavy atom. The molecule has 0 aliphatic rings. The van der Waals surface area contributed by atoms with E-state index in [9.17, 15) is 9.59 Å². The van der Waals surface area contributed by atoms with Gasteiger partial charge in [-0.2, -0.15) is 4.98 Å². The smallest absolute Gasteiger partial charge is 0.309 e. The first-order valence-electron chi connectivity index (χ1n) is 6.17. The standard InChI is InChI=1S/C15H12N2O3/c1-9(18)17-13-6-4-3-5-11(13)12-7-8-14(16-15(12)17)20-10(2)19/h3-8H,1-2H3. The maximum atomic E-state index is 11.9. The molecular weight excluding hydrogens is 256 g/mol. The van der Waals surface area contributed by atoms with E-state index in [0.29, 0.717) is 5.65 Å². The predicted molar refractivity (Wildman–Crippen MR) is 74.8 cm³/mol. The van der Waals surface area contributed by atoms with Crippen molar-refractivity contribution in [1.82, 2.24) is 9.55 Å². The van der Waals surface area contributed by atoms with Gasteiger partial charge in [-0.1, -0.05) is 18.2 Å². The summed E-state index contributed by atoms with van der Waals surface area (Å²) in [6, 6.07) is 11.0. The van der Waals surface area contributed by atoms with Gasteiger partial charge in [0.15, 0.2) is 5.65 Å². The van der Waals surface area contributed by atoms with E-state index < -0.39 is 5.97 Å². The number of hydrogen-bond donors (Lipinski definition) is 0. The number of hydrogen-bond acceptors (Lipinski definition) is 4. The lowest BCUT2D eigenvalue weighted by molar-refractivity contribution is -0.132. The second-order valence-electron chi connectivity index (χ2n) is 4.49. The van der Waals surface area contributed by atoms with Gasteiger partial charge < -0.3 is 4.74 Å². The van der Waals surface area contributed by atoms with Crippen molar-refractivity contribution in [3.05, 3.63) is 36.4 Å². The van der Waals surface area contributed by atoms with Gasteiger partial charge >= 0.3 is 5.97 Å². The average molecular weight is 268 g/mol. The van der Waals surface area contributed by atoms with Gasteiger partial charge in [0.25, 0.3) is 0 Å². The lowest BCUT2D eigenvalue weighted by atomic mass is 10.2. The largest absolute Gasteiger partial charge is 0.408 e. The SMILES string of the molecule is CC(=O)Oc1ccc2c3ccccc3n(C(C)=O)c2n1. The van der Waals surface area contributed by atoms with Gasteiger partial charge in [-0.05, 0) is 12.1 Å². The maximum Gasteiger partial charge on any atom is 0.309 e. The topological polar surface area (TPSA) is 61.2 Å². The highest BCUT2D eigenvalue weighted by atomic mass is 16.5. The second-order valence-corrected chi connectivity index (χ2v) is 4.49. The normalized spacial score (nSPS) is 10.9. The molecule has 0 radical (unpaired) electrons. The van der Waals surface area contributed by atoms with Crippen molar-refractivity contribution in [1.29, 1.82) is 0 Å². The highest BCUT2D eigenvalue weighted by Crippen LogP contribution is 2.29. The first kappa shape index (κ1) is 12.3. The van der Waals surface area contributed by atoms with Crippen LogP contribution in [0.15, 0.2) is 36.4 Å². The number of pyridine rings is 1. The molecule has 0 atom stereocenters. The van der Waals surface area contributed by atoms with Crippen LogP contribution in [0.1, 0.15) is 18.6 Å².